The topological polar surface area (TPSA) is 92.3 Å². The summed E-state index contributed by atoms with van der Waals surface area (Å²) in [6, 6.07) is 7.93. The number of unbranched alkanes of at least 4 members (excludes halogenated alkanes) is 1. The summed E-state index contributed by atoms with van der Waals surface area (Å²) in [5.74, 6) is 1.75. The standard InChI is InChI=1S/C20H37NO7P2S/c1-6-25-29(22,26-7-2)20(30(23,27-8-3)28-9-4)21-16-10-11-17-31-19-14-12-18(24-5)13-15-19/h12-15,20-21H,6-11,16-17H2,1-5H3. The maximum atomic E-state index is 13.4. The summed E-state index contributed by atoms with van der Waals surface area (Å²) in [4.78, 5) is 1.17. The summed E-state index contributed by atoms with van der Waals surface area (Å²) in [6.45, 7) is 7.96. The van der Waals surface area contributed by atoms with Gasteiger partial charge in [-0.15, -0.1) is 11.8 Å². The van der Waals surface area contributed by atoms with E-state index in [1.165, 1.54) is 4.90 Å². The smallest absolute Gasteiger partial charge is 0.359 e. The van der Waals surface area contributed by atoms with Crippen LogP contribution in [0.5, 0.6) is 5.75 Å². The Labute approximate surface area is 191 Å². The Bertz CT molecular complexity index is 655. The summed E-state index contributed by atoms with van der Waals surface area (Å²) in [5, 5.41) is 3.10. The SMILES string of the molecule is CCOP(=O)(OCC)C(NCCCCSc1ccc(OC)cc1)P(=O)(OCC)OCC. The van der Waals surface area contributed by atoms with Gasteiger partial charge >= 0.3 is 15.2 Å². The van der Waals surface area contributed by atoms with E-state index in [0.29, 0.717) is 6.54 Å². The van der Waals surface area contributed by atoms with Crippen molar-refractivity contribution in [3.63, 3.8) is 0 Å². The number of methoxy groups -OCH3 is 1. The van der Waals surface area contributed by atoms with Crippen molar-refractivity contribution < 1.29 is 32.0 Å². The minimum atomic E-state index is -3.76. The van der Waals surface area contributed by atoms with Crippen LogP contribution < -0.4 is 10.1 Å². The zero-order valence-electron chi connectivity index (χ0n) is 19.2. The minimum absolute atomic E-state index is 0.159. The first-order valence-corrected chi connectivity index (χ1v) is 14.9. The first kappa shape index (κ1) is 28.7. The predicted molar refractivity (Wildman–Crippen MR) is 126 cm³/mol. The molecule has 0 amide bonds. The van der Waals surface area contributed by atoms with Crippen molar-refractivity contribution in [1.29, 1.82) is 0 Å². The van der Waals surface area contributed by atoms with E-state index >= 15 is 0 Å². The molecule has 0 heterocycles. The average molecular weight is 498 g/mol. The number of rotatable bonds is 18. The molecule has 0 fully saturated rings. The van der Waals surface area contributed by atoms with E-state index in [9.17, 15) is 9.13 Å². The van der Waals surface area contributed by atoms with Gasteiger partial charge in [0.1, 0.15) is 5.75 Å². The lowest BCUT2D eigenvalue weighted by Gasteiger charge is -2.31. The van der Waals surface area contributed by atoms with Crippen molar-refractivity contribution >= 4 is 27.0 Å². The zero-order valence-corrected chi connectivity index (χ0v) is 21.8. The number of hydrogen-bond donors (Lipinski definition) is 1. The summed E-state index contributed by atoms with van der Waals surface area (Å²) < 4.78 is 53.8. The fraction of sp³-hybridized carbons (Fsp3) is 0.700. The first-order chi connectivity index (χ1) is 14.9. The normalized spacial score (nSPS) is 12.5. The van der Waals surface area contributed by atoms with Crippen molar-refractivity contribution in [3.8, 4) is 5.75 Å². The molecule has 0 saturated carbocycles. The average Bonchev–Trinajstić information content (AvgIpc) is 2.74. The molecular weight excluding hydrogens is 460 g/mol. The van der Waals surface area contributed by atoms with Crippen LogP contribution in [0.4, 0.5) is 0 Å². The second-order valence-corrected chi connectivity index (χ2v) is 12.1. The molecule has 0 radical (unpaired) electrons. The highest BCUT2D eigenvalue weighted by molar-refractivity contribution is 7.99. The van der Waals surface area contributed by atoms with E-state index in [-0.39, 0.29) is 26.4 Å². The second-order valence-electron chi connectivity index (χ2n) is 6.31. The predicted octanol–water partition coefficient (Wildman–Crippen LogP) is 5.97. The summed E-state index contributed by atoms with van der Waals surface area (Å²) in [6.07, 6.45) is 1.70. The van der Waals surface area contributed by atoms with Gasteiger partial charge in [0.05, 0.1) is 33.5 Å². The molecule has 1 rings (SSSR count). The number of ether oxygens (including phenoxy) is 1. The van der Waals surface area contributed by atoms with Crippen LogP contribution in [0.2, 0.25) is 0 Å². The third-order valence-electron chi connectivity index (χ3n) is 4.06. The lowest BCUT2D eigenvalue weighted by atomic mass is 10.3. The zero-order chi connectivity index (χ0) is 23.2. The maximum absolute atomic E-state index is 13.4. The molecule has 11 heteroatoms. The molecule has 31 heavy (non-hydrogen) atoms. The van der Waals surface area contributed by atoms with E-state index in [1.54, 1.807) is 46.6 Å². The molecule has 1 aromatic carbocycles. The van der Waals surface area contributed by atoms with Crippen molar-refractivity contribution in [2.24, 2.45) is 0 Å². The van der Waals surface area contributed by atoms with Gasteiger partial charge < -0.3 is 22.8 Å². The summed E-state index contributed by atoms with van der Waals surface area (Å²) in [7, 11) is -5.88. The Hall–Kier alpha value is -0.370. The maximum Gasteiger partial charge on any atom is 0.359 e. The quantitative estimate of drug-likeness (QED) is 0.149. The van der Waals surface area contributed by atoms with Crippen molar-refractivity contribution in [2.75, 3.05) is 45.8 Å². The van der Waals surface area contributed by atoms with Gasteiger partial charge in [-0.2, -0.15) is 0 Å². The van der Waals surface area contributed by atoms with E-state index in [1.807, 2.05) is 24.3 Å². The van der Waals surface area contributed by atoms with E-state index < -0.39 is 20.7 Å². The van der Waals surface area contributed by atoms with Crippen molar-refractivity contribution in [2.45, 2.75) is 51.0 Å². The number of hydrogen-bond acceptors (Lipinski definition) is 9. The van der Waals surface area contributed by atoms with Crippen LogP contribution in [-0.4, -0.2) is 51.4 Å². The monoisotopic (exact) mass is 497 g/mol. The van der Waals surface area contributed by atoms with Crippen LogP contribution in [0.3, 0.4) is 0 Å². The van der Waals surface area contributed by atoms with Gasteiger partial charge in [0, 0.05) is 4.90 Å². The molecule has 0 bridgehead atoms. The highest BCUT2D eigenvalue weighted by Gasteiger charge is 2.50. The third-order valence-corrected chi connectivity index (χ3v) is 10.9. The summed E-state index contributed by atoms with van der Waals surface area (Å²) in [5.41, 5.74) is -1.17. The molecule has 1 aromatic rings. The van der Waals surface area contributed by atoms with Crippen LogP contribution in [0, 0.1) is 0 Å². The Kier molecular flexibility index (Phi) is 14.3. The van der Waals surface area contributed by atoms with Crippen molar-refractivity contribution in [1.82, 2.24) is 5.32 Å². The van der Waals surface area contributed by atoms with Gasteiger partial charge in [-0.3, -0.25) is 14.4 Å². The van der Waals surface area contributed by atoms with Crippen LogP contribution in [0.1, 0.15) is 40.5 Å². The molecule has 0 unspecified atom stereocenters. The number of benzene rings is 1. The molecule has 0 aliphatic heterocycles. The van der Waals surface area contributed by atoms with Gasteiger partial charge in [-0.1, -0.05) is 0 Å². The Balaban J connectivity index is 2.71. The highest BCUT2D eigenvalue weighted by atomic mass is 32.2. The van der Waals surface area contributed by atoms with Crippen LogP contribution in [0.15, 0.2) is 29.2 Å². The van der Waals surface area contributed by atoms with Gasteiger partial charge in [-0.05, 0) is 77.1 Å². The van der Waals surface area contributed by atoms with Crippen molar-refractivity contribution in [3.05, 3.63) is 24.3 Å². The second kappa shape index (κ2) is 15.5. The van der Waals surface area contributed by atoms with Crippen LogP contribution in [0.25, 0.3) is 0 Å². The lowest BCUT2D eigenvalue weighted by molar-refractivity contribution is 0.190. The Morgan fingerprint density at radius 3 is 1.74 bits per heavy atom. The fourth-order valence-corrected chi connectivity index (χ4v) is 8.75. The molecule has 0 aliphatic rings. The first-order valence-electron chi connectivity index (χ1n) is 10.7. The van der Waals surface area contributed by atoms with E-state index in [0.717, 1.165) is 24.3 Å². The molecule has 0 spiro atoms. The largest absolute Gasteiger partial charge is 0.497 e. The summed E-state index contributed by atoms with van der Waals surface area (Å²) >= 11 is 1.75. The lowest BCUT2D eigenvalue weighted by Crippen LogP contribution is -2.33. The molecular formula is C20H37NO7P2S. The molecule has 0 saturated heterocycles. The van der Waals surface area contributed by atoms with Gasteiger partial charge in [-0.25, -0.2) is 0 Å². The van der Waals surface area contributed by atoms with E-state index in [2.05, 4.69) is 5.32 Å². The third kappa shape index (κ3) is 9.56. The number of nitrogens with one attached hydrogen (secondary N) is 1. The van der Waals surface area contributed by atoms with E-state index in [4.69, 9.17) is 22.8 Å². The Morgan fingerprint density at radius 1 is 0.839 bits per heavy atom. The van der Waals surface area contributed by atoms with Gasteiger partial charge in [0.25, 0.3) is 0 Å². The Morgan fingerprint density at radius 2 is 1.32 bits per heavy atom. The van der Waals surface area contributed by atoms with Crippen LogP contribution >= 0.6 is 27.0 Å². The molecule has 0 aliphatic carbocycles. The van der Waals surface area contributed by atoms with Gasteiger partial charge in [0.15, 0.2) is 0 Å². The molecule has 8 nitrogen and oxygen atoms in total. The van der Waals surface area contributed by atoms with Gasteiger partial charge in [0.2, 0.25) is 5.52 Å². The molecule has 180 valence electrons. The molecule has 0 atom stereocenters. The minimum Gasteiger partial charge on any atom is -0.497 e. The molecule has 0 aromatic heterocycles. The van der Waals surface area contributed by atoms with Crippen LogP contribution in [-0.2, 0) is 27.2 Å². The molecule has 1 N–H and O–H groups in total. The highest BCUT2D eigenvalue weighted by Crippen LogP contribution is 2.69. The fourth-order valence-electron chi connectivity index (χ4n) is 2.79. The number of thioether (sulfide) groups is 1.